The first-order chi connectivity index (χ1) is 11.7. The summed E-state index contributed by atoms with van der Waals surface area (Å²) in [5, 5.41) is -0.380. The van der Waals surface area contributed by atoms with E-state index >= 15 is 0 Å². The van der Waals surface area contributed by atoms with Crippen LogP contribution >= 0.6 is 23.2 Å². The van der Waals surface area contributed by atoms with E-state index in [1.165, 1.54) is 12.1 Å². The van der Waals surface area contributed by atoms with E-state index in [0.29, 0.717) is 0 Å². The summed E-state index contributed by atoms with van der Waals surface area (Å²) in [5.41, 5.74) is -0.470. The molecule has 130 valence electrons. The average molecular weight is 393 g/mol. The Labute approximate surface area is 147 Å². The molecule has 0 bridgehead atoms. The van der Waals surface area contributed by atoms with Crippen molar-refractivity contribution in [2.24, 2.45) is 0 Å². The molecule has 25 heavy (non-hydrogen) atoms. The van der Waals surface area contributed by atoms with E-state index in [-0.39, 0.29) is 21.7 Å². The predicted molar refractivity (Wildman–Crippen MR) is 84.0 cm³/mol. The summed E-state index contributed by atoms with van der Waals surface area (Å²) in [5.74, 6) is -1.28. The molecule has 0 N–H and O–H groups in total. The van der Waals surface area contributed by atoms with Crippen LogP contribution in [0.4, 0.5) is 17.6 Å². The molecule has 2 aromatic heterocycles. The highest BCUT2D eigenvalue weighted by atomic mass is 35.5. The number of nitrogens with zero attached hydrogens (tertiary/aromatic N) is 2. The Morgan fingerprint density at radius 3 is 2.32 bits per heavy atom. The molecule has 0 aliphatic heterocycles. The van der Waals surface area contributed by atoms with Crippen LogP contribution in [0, 0.1) is 5.82 Å². The Balaban J connectivity index is 2.18. The highest BCUT2D eigenvalue weighted by molar-refractivity contribution is 6.35. The first kappa shape index (κ1) is 17.5. The van der Waals surface area contributed by atoms with Gasteiger partial charge < -0.3 is 4.74 Å². The molecule has 0 radical (unpaired) electrons. The van der Waals surface area contributed by atoms with Crippen molar-refractivity contribution in [1.29, 1.82) is 0 Å². The minimum absolute atomic E-state index is 0.0312. The number of hydrogen-bond donors (Lipinski definition) is 0. The Hall–Kier alpha value is -2.32. The van der Waals surface area contributed by atoms with Crippen molar-refractivity contribution in [3.8, 4) is 11.4 Å². The van der Waals surface area contributed by atoms with E-state index in [2.05, 4.69) is 9.72 Å². The zero-order valence-corrected chi connectivity index (χ0v) is 13.5. The second-order valence-electron chi connectivity index (χ2n) is 4.84. The molecule has 2 heterocycles. The average Bonchev–Trinajstić information content (AvgIpc) is 2.49. The van der Waals surface area contributed by atoms with Crippen LogP contribution in [0.25, 0.3) is 16.7 Å². The Kier molecular flexibility index (Phi) is 4.34. The van der Waals surface area contributed by atoms with Crippen LogP contribution in [0.15, 0.2) is 41.2 Å². The smallest absolute Gasteiger partial charge is 0.406 e. The quantitative estimate of drug-likeness (QED) is 0.467. The SMILES string of the molecule is O=c1cc(Cl)c2cc(F)c(Cl)nc2n1-c1ccc(OC(F)(F)F)cc1. The van der Waals surface area contributed by atoms with Gasteiger partial charge in [0.05, 0.1) is 10.7 Å². The third kappa shape index (κ3) is 3.54. The van der Waals surface area contributed by atoms with Gasteiger partial charge in [0.25, 0.3) is 5.56 Å². The van der Waals surface area contributed by atoms with E-state index in [9.17, 15) is 22.4 Å². The summed E-state index contributed by atoms with van der Waals surface area (Å²) >= 11 is 11.6. The van der Waals surface area contributed by atoms with Crippen LogP contribution in [0.2, 0.25) is 10.2 Å². The van der Waals surface area contributed by atoms with Crippen LogP contribution in [0.1, 0.15) is 0 Å². The minimum atomic E-state index is -4.84. The third-order valence-corrected chi connectivity index (χ3v) is 3.76. The summed E-state index contributed by atoms with van der Waals surface area (Å²) < 4.78 is 55.1. The second-order valence-corrected chi connectivity index (χ2v) is 5.61. The number of pyridine rings is 2. The highest BCUT2D eigenvalue weighted by Crippen LogP contribution is 2.27. The van der Waals surface area contributed by atoms with Crippen LogP contribution in [0.5, 0.6) is 5.75 Å². The maximum absolute atomic E-state index is 13.6. The summed E-state index contributed by atoms with van der Waals surface area (Å²) in [6.45, 7) is 0. The van der Waals surface area contributed by atoms with Crippen molar-refractivity contribution in [2.75, 3.05) is 0 Å². The third-order valence-electron chi connectivity index (χ3n) is 3.18. The molecule has 0 amide bonds. The van der Waals surface area contributed by atoms with Crippen LogP contribution < -0.4 is 10.3 Å². The van der Waals surface area contributed by atoms with Gasteiger partial charge in [-0.25, -0.2) is 9.37 Å². The molecule has 0 spiro atoms. The number of ether oxygens (including phenoxy) is 1. The van der Waals surface area contributed by atoms with E-state index in [4.69, 9.17) is 23.2 Å². The lowest BCUT2D eigenvalue weighted by atomic mass is 10.2. The number of halogens is 6. The van der Waals surface area contributed by atoms with E-state index < -0.39 is 28.6 Å². The lowest BCUT2D eigenvalue weighted by Gasteiger charge is -2.13. The molecule has 0 fully saturated rings. The molecule has 0 atom stereocenters. The number of fused-ring (bicyclic) bond motifs is 1. The van der Waals surface area contributed by atoms with Crippen molar-refractivity contribution in [1.82, 2.24) is 9.55 Å². The normalized spacial score (nSPS) is 11.8. The summed E-state index contributed by atoms with van der Waals surface area (Å²) in [7, 11) is 0. The topological polar surface area (TPSA) is 44.1 Å². The van der Waals surface area contributed by atoms with Crippen LogP contribution in [-0.2, 0) is 0 Å². The largest absolute Gasteiger partial charge is 0.573 e. The Morgan fingerprint density at radius 1 is 1.08 bits per heavy atom. The monoisotopic (exact) mass is 392 g/mol. The molecule has 3 rings (SSSR count). The van der Waals surface area contributed by atoms with Gasteiger partial charge in [-0.15, -0.1) is 13.2 Å². The summed E-state index contributed by atoms with van der Waals surface area (Å²) in [6.07, 6.45) is -4.84. The fraction of sp³-hybridized carbons (Fsp3) is 0.0667. The molecular weight excluding hydrogens is 387 g/mol. The van der Waals surface area contributed by atoms with Gasteiger partial charge in [0.2, 0.25) is 0 Å². The van der Waals surface area contributed by atoms with Crippen LogP contribution in [-0.4, -0.2) is 15.9 Å². The minimum Gasteiger partial charge on any atom is -0.406 e. The zero-order chi connectivity index (χ0) is 18.4. The number of benzene rings is 1. The zero-order valence-electron chi connectivity index (χ0n) is 11.9. The number of alkyl halides is 3. The highest BCUT2D eigenvalue weighted by Gasteiger charge is 2.31. The van der Waals surface area contributed by atoms with Gasteiger partial charge in [-0.1, -0.05) is 23.2 Å². The van der Waals surface area contributed by atoms with E-state index in [1.54, 1.807) is 0 Å². The van der Waals surface area contributed by atoms with Crippen molar-refractivity contribution in [3.63, 3.8) is 0 Å². The summed E-state index contributed by atoms with van der Waals surface area (Å²) in [6, 6.07) is 6.55. The maximum atomic E-state index is 13.6. The first-order valence-electron chi connectivity index (χ1n) is 6.59. The summed E-state index contributed by atoms with van der Waals surface area (Å²) in [4.78, 5) is 16.1. The molecule has 4 nitrogen and oxygen atoms in total. The molecule has 0 unspecified atom stereocenters. The first-order valence-corrected chi connectivity index (χ1v) is 7.35. The molecule has 3 aromatic rings. The molecule has 1 aromatic carbocycles. The lowest BCUT2D eigenvalue weighted by Crippen LogP contribution is -2.19. The van der Waals surface area contributed by atoms with Gasteiger partial charge in [-0.05, 0) is 30.3 Å². The fourth-order valence-corrected chi connectivity index (χ4v) is 2.57. The Bertz CT molecular complexity index is 1020. The van der Waals surface area contributed by atoms with Gasteiger partial charge in [0.1, 0.15) is 5.75 Å². The standard InChI is InChI=1S/C15H6Cl2F4N2O2/c16-10-6-12(24)23(14-9(10)5-11(18)13(17)22-14)7-1-3-8(4-2-7)25-15(19,20)21/h1-6H. The number of rotatable bonds is 2. The van der Waals surface area contributed by atoms with Crippen molar-refractivity contribution >= 4 is 34.2 Å². The molecular formula is C15H6Cl2F4N2O2. The van der Waals surface area contributed by atoms with Gasteiger partial charge in [-0.3, -0.25) is 9.36 Å². The molecule has 10 heteroatoms. The van der Waals surface area contributed by atoms with Gasteiger partial charge in [-0.2, -0.15) is 0 Å². The lowest BCUT2D eigenvalue weighted by molar-refractivity contribution is -0.274. The van der Waals surface area contributed by atoms with Gasteiger partial charge >= 0.3 is 6.36 Å². The van der Waals surface area contributed by atoms with Gasteiger partial charge in [0.15, 0.2) is 16.6 Å². The molecule has 0 saturated heterocycles. The van der Waals surface area contributed by atoms with E-state index in [1.807, 2.05) is 0 Å². The Morgan fingerprint density at radius 2 is 1.72 bits per heavy atom. The van der Waals surface area contributed by atoms with Crippen LogP contribution in [0.3, 0.4) is 0 Å². The number of aromatic nitrogens is 2. The fourth-order valence-electron chi connectivity index (χ4n) is 2.21. The molecule has 0 aliphatic rings. The molecule has 0 saturated carbocycles. The van der Waals surface area contributed by atoms with Crippen molar-refractivity contribution in [2.45, 2.75) is 6.36 Å². The van der Waals surface area contributed by atoms with Gasteiger partial charge in [0, 0.05) is 11.5 Å². The number of hydrogen-bond acceptors (Lipinski definition) is 3. The predicted octanol–water partition coefficient (Wildman–Crippen LogP) is 4.73. The maximum Gasteiger partial charge on any atom is 0.573 e. The van der Waals surface area contributed by atoms with E-state index in [0.717, 1.165) is 28.8 Å². The second kappa shape index (κ2) is 6.20. The van der Waals surface area contributed by atoms with Crippen molar-refractivity contribution < 1.29 is 22.3 Å². The molecule has 0 aliphatic carbocycles. The van der Waals surface area contributed by atoms with Crippen molar-refractivity contribution in [3.05, 3.63) is 62.7 Å².